The summed E-state index contributed by atoms with van der Waals surface area (Å²) in [6, 6.07) is 12.4. The number of para-hydroxylation sites is 1. The molecule has 0 aliphatic heterocycles. The number of nitrogens with two attached hydrogens (primary N) is 1. The predicted octanol–water partition coefficient (Wildman–Crippen LogP) is 3.91. The molecule has 4 heteroatoms. The maximum atomic E-state index is 6.19. The van der Waals surface area contributed by atoms with Gasteiger partial charge in [-0.25, -0.2) is 0 Å². The second kappa shape index (κ2) is 5.51. The van der Waals surface area contributed by atoms with Gasteiger partial charge in [0, 0.05) is 16.8 Å². The maximum Gasteiger partial charge on any atom is 0.0745 e. The Bertz CT molecular complexity index is 707. The lowest BCUT2D eigenvalue weighted by Gasteiger charge is -2.25. The van der Waals surface area contributed by atoms with Crippen LogP contribution in [0.3, 0.4) is 0 Å². The highest BCUT2D eigenvalue weighted by molar-refractivity contribution is 7.09. The molecule has 2 heterocycles. The van der Waals surface area contributed by atoms with E-state index < -0.39 is 0 Å². The van der Waals surface area contributed by atoms with Crippen LogP contribution in [0.2, 0.25) is 0 Å². The molecule has 0 saturated carbocycles. The number of nitrogen functional groups attached to an aromatic ring is 1. The number of anilines is 2. The summed E-state index contributed by atoms with van der Waals surface area (Å²) in [6.07, 6.45) is 1.76. The molecule has 0 saturated heterocycles. The fourth-order valence-corrected chi connectivity index (χ4v) is 3.15. The van der Waals surface area contributed by atoms with Crippen LogP contribution >= 0.6 is 11.3 Å². The maximum absolute atomic E-state index is 6.19. The molecule has 0 unspecified atom stereocenters. The summed E-state index contributed by atoms with van der Waals surface area (Å²) in [5.41, 5.74) is 9.01. The first-order chi connectivity index (χ1) is 9.79. The van der Waals surface area contributed by atoms with E-state index >= 15 is 0 Å². The second-order valence-electron chi connectivity index (χ2n) is 4.67. The van der Waals surface area contributed by atoms with E-state index in [0.29, 0.717) is 0 Å². The lowest BCUT2D eigenvalue weighted by Crippen LogP contribution is -2.23. The molecular weight excluding hydrogens is 266 g/mol. The molecule has 0 bridgehead atoms. The van der Waals surface area contributed by atoms with Crippen LogP contribution in [-0.4, -0.2) is 11.5 Å². The number of benzene rings is 1. The van der Waals surface area contributed by atoms with Crippen molar-refractivity contribution in [2.75, 3.05) is 17.2 Å². The summed E-state index contributed by atoms with van der Waals surface area (Å²) >= 11 is 1.77. The standard InChI is InChI=1S/C16H17N3S/c1-2-19(11-12-6-5-9-20-12)16-13-7-3-4-8-15(13)18-10-14(16)17/h3-10H,2,11,17H2,1H3. The molecule has 102 valence electrons. The second-order valence-corrected chi connectivity index (χ2v) is 5.71. The molecule has 3 nitrogen and oxygen atoms in total. The first kappa shape index (κ1) is 12.9. The molecular formula is C16H17N3S. The number of hydrogen-bond donors (Lipinski definition) is 1. The smallest absolute Gasteiger partial charge is 0.0745 e. The van der Waals surface area contributed by atoms with E-state index in [-0.39, 0.29) is 0 Å². The van der Waals surface area contributed by atoms with Gasteiger partial charge in [-0.3, -0.25) is 4.98 Å². The Labute approximate surface area is 122 Å². The first-order valence-electron chi connectivity index (χ1n) is 6.70. The van der Waals surface area contributed by atoms with E-state index in [1.165, 1.54) is 4.88 Å². The lowest BCUT2D eigenvalue weighted by atomic mass is 10.1. The van der Waals surface area contributed by atoms with E-state index in [1.807, 2.05) is 18.2 Å². The van der Waals surface area contributed by atoms with Gasteiger partial charge in [-0.2, -0.15) is 0 Å². The number of rotatable bonds is 4. The summed E-state index contributed by atoms with van der Waals surface area (Å²) in [5.74, 6) is 0. The highest BCUT2D eigenvalue weighted by Crippen LogP contribution is 2.32. The molecule has 20 heavy (non-hydrogen) atoms. The van der Waals surface area contributed by atoms with Crippen LogP contribution in [0.1, 0.15) is 11.8 Å². The van der Waals surface area contributed by atoms with Crippen LogP contribution in [-0.2, 0) is 6.54 Å². The van der Waals surface area contributed by atoms with E-state index in [4.69, 9.17) is 5.73 Å². The van der Waals surface area contributed by atoms with Crippen molar-refractivity contribution < 1.29 is 0 Å². The minimum atomic E-state index is 0.738. The quantitative estimate of drug-likeness (QED) is 0.789. The Morgan fingerprint density at radius 3 is 2.80 bits per heavy atom. The Balaban J connectivity index is 2.08. The molecule has 0 fully saturated rings. The van der Waals surface area contributed by atoms with Crippen molar-refractivity contribution in [2.24, 2.45) is 0 Å². The Morgan fingerprint density at radius 2 is 2.05 bits per heavy atom. The Hall–Kier alpha value is -2.07. The third-order valence-corrected chi connectivity index (χ3v) is 4.26. The number of fused-ring (bicyclic) bond motifs is 1. The van der Waals surface area contributed by atoms with Crippen LogP contribution < -0.4 is 10.6 Å². The topological polar surface area (TPSA) is 42.1 Å². The van der Waals surface area contributed by atoms with Gasteiger partial charge in [0.25, 0.3) is 0 Å². The van der Waals surface area contributed by atoms with Gasteiger partial charge in [0.1, 0.15) is 0 Å². The van der Waals surface area contributed by atoms with Crippen molar-refractivity contribution in [3.05, 3.63) is 52.9 Å². The number of aromatic nitrogens is 1. The molecule has 2 N–H and O–H groups in total. The van der Waals surface area contributed by atoms with E-state index in [9.17, 15) is 0 Å². The zero-order valence-electron chi connectivity index (χ0n) is 11.4. The van der Waals surface area contributed by atoms with Crippen LogP contribution in [0.5, 0.6) is 0 Å². The van der Waals surface area contributed by atoms with Crippen LogP contribution in [0.25, 0.3) is 10.9 Å². The molecule has 0 aliphatic rings. The molecule has 0 spiro atoms. The minimum absolute atomic E-state index is 0.738. The van der Waals surface area contributed by atoms with Crippen molar-refractivity contribution in [3.63, 3.8) is 0 Å². The number of hydrogen-bond acceptors (Lipinski definition) is 4. The fraction of sp³-hybridized carbons (Fsp3) is 0.188. The van der Waals surface area contributed by atoms with Crippen molar-refractivity contribution in [2.45, 2.75) is 13.5 Å². The summed E-state index contributed by atoms with van der Waals surface area (Å²) in [4.78, 5) is 8.06. The zero-order chi connectivity index (χ0) is 13.9. The molecule has 0 atom stereocenters. The van der Waals surface area contributed by atoms with Crippen molar-refractivity contribution in [1.29, 1.82) is 0 Å². The summed E-state index contributed by atoms with van der Waals surface area (Å²) in [6.45, 7) is 3.95. The highest BCUT2D eigenvalue weighted by atomic mass is 32.1. The number of nitrogens with zero attached hydrogens (tertiary/aromatic N) is 2. The highest BCUT2D eigenvalue weighted by Gasteiger charge is 2.13. The SMILES string of the molecule is CCN(Cc1cccs1)c1c(N)cnc2ccccc12. The van der Waals surface area contributed by atoms with Crippen LogP contribution in [0.15, 0.2) is 48.0 Å². The van der Waals surface area contributed by atoms with Gasteiger partial charge in [-0.1, -0.05) is 24.3 Å². The van der Waals surface area contributed by atoms with Gasteiger partial charge in [0.15, 0.2) is 0 Å². The van der Waals surface area contributed by atoms with E-state index in [0.717, 1.165) is 35.4 Å². The number of pyridine rings is 1. The van der Waals surface area contributed by atoms with Crippen molar-refractivity contribution in [1.82, 2.24) is 4.98 Å². The van der Waals surface area contributed by atoms with E-state index in [1.54, 1.807) is 17.5 Å². The molecule has 1 aromatic carbocycles. The average Bonchev–Trinajstić information content (AvgIpc) is 2.98. The summed E-state index contributed by atoms with van der Waals surface area (Å²) < 4.78 is 0. The van der Waals surface area contributed by atoms with Crippen LogP contribution in [0, 0.1) is 0 Å². The fourth-order valence-electron chi connectivity index (χ4n) is 2.43. The number of thiophene rings is 1. The summed E-state index contributed by atoms with van der Waals surface area (Å²) in [7, 11) is 0. The molecule has 0 aliphatic carbocycles. The third kappa shape index (κ3) is 2.34. The van der Waals surface area contributed by atoms with E-state index in [2.05, 4.69) is 40.4 Å². The molecule has 2 aromatic heterocycles. The summed E-state index contributed by atoms with van der Waals surface area (Å²) in [5, 5.41) is 3.22. The molecule has 3 aromatic rings. The molecule has 3 rings (SSSR count). The van der Waals surface area contributed by atoms with Gasteiger partial charge in [-0.05, 0) is 24.4 Å². The first-order valence-corrected chi connectivity index (χ1v) is 7.58. The Kier molecular flexibility index (Phi) is 3.56. The van der Waals surface area contributed by atoms with Gasteiger partial charge >= 0.3 is 0 Å². The minimum Gasteiger partial charge on any atom is -0.396 e. The normalized spacial score (nSPS) is 10.8. The predicted molar refractivity (Wildman–Crippen MR) is 87.2 cm³/mol. The molecule has 0 radical (unpaired) electrons. The Morgan fingerprint density at radius 1 is 1.20 bits per heavy atom. The van der Waals surface area contributed by atoms with Gasteiger partial charge < -0.3 is 10.6 Å². The van der Waals surface area contributed by atoms with Gasteiger partial charge in [0.2, 0.25) is 0 Å². The van der Waals surface area contributed by atoms with Crippen LogP contribution in [0.4, 0.5) is 11.4 Å². The third-order valence-electron chi connectivity index (χ3n) is 3.40. The van der Waals surface area contributed by atoms with Crippen molar-refractivity contribution in [3.8, 4) is 0 Å². The average molecular weight is 283 g/mol. The zero-order valence-corrected chi connectivity index (χ0v) is 12.2. The van der Waals surface area contributed by atoms with Crippen molar-refractivity contribution >= 4 is 33.6 Å². The largest absolute Gasteiger partial charge is 0.396 e. The molecule has 0 amide bonds. The van der Waals surface area contributed by atoms with Gasteiger partial charge in [-0.15, -0.1) is 11.3 Å². The monoisotopic (exact) mass is 283 g/mol. The van der Waals surface area contributed by atoms with Gasteiger partial charge in [0.05, 0.1) is 29.6 Å². The lowest BCUT2D eigenvalue weighted by molar-refractivity contribution is 0.847.